The molecule has 2 heteroatoms. The molecule has 2 atom stereocenters. The first-order valence-corrected chi connectivity index (χ1v) is 8.68. The third-order valence-corrected chi connectivity index (χ3v) is 5.02. The summed E-state index contributed by atoms with van der Waals surface area (Å²) in [5.41, 5.74) is 1.46. The van der Waals surface area contributed by atoms with Gasteiger partial charge in [-0.25, -0.2) is 0 Å². The van der Waals surface area contributed by atoms with Crippen molar-refractivity contribution in [2.24, 2.45) is 5.92 Å². The molecule has 21 heavy (non-hydrogen) atoms. The molecule has 0 aliphatic carbocycles. The van der Waals surface area contributed by atoms with Gasteiger partial charge in [-0.05, 0) is 30.7 Å². The number of hydrogen-bond donors (Lipinski definition) is 1. The number of nitrogens with zero attached hydrogens (tertiary/aromatic N) is 1. The maximum Gasteiger partial charge on any atom is 0.0264 e. The topological polar surface area (TPSA) is 15.3 Å². The number of piperazine rings is 1. The van der Waals surface area contributed by atoms with Gasteiger partial charge in [0.05, 0.1) is 0 Å². The van der Waals surface area contributed by atoms with E-state index < -0.39 is 0 Å². The fourth-order valence-electron chi connectivity index (χ4n) is 3.57. The average molecular weight is 288 g/mol. The van der Waals surface area contributed by atoms with Crippen LogP contribution in [0.2, 0.25) is 0 Å². The molecule has 1 aromatic carbocycles. The van der Waals surface area contributed by atoms with Gasteiger partial charge in [-0.3, -0.25) is 4.90 Å². The lowest BCUT2D eigenvalue weighted by molar-refractivity contribution is 0.0649. The van der Waals surface area contributed by atoms with E-state index in [4.69, 9.17) is 0 Å². The largest absolute Gasteiger partial charge is 0.311 e. The van der Waals surface area contributed by atoms with Crippen LogP contribution in [0.15, 0.2) is 30.3 Å². The first-order chi connectivity index (χ1) is 10.2. The first kappa shape index (κ1) is 16.5. The van der Waals surface area contributed by atoms with Gasteiger partial charge in [0, 0.05) is 31.2 Å². The van der Waals surface area contributed by atoms with E-state index in [0.29, 0.717) is 18.0 Å². The SMILES string of the molecule is CCC(CC)N1CC(C(C)C)NCC1Cc1ccccc1. The summed E-state index contributed by atoms with van der Waals surface area (Å²) in [5, 5.41) is 3.78. The molecular weight excluding hydrogens is 256 g/mol. The fraction of sp³-hybridized carbons (Fsp3) is 0.684. The van der Waals surface area contributed by atoms with E-state index >= 15 is 0 Å². The van der Waals surface area contributed by atoms with E-state index in [2.05, 4.69) is 68.2 Å². The Labute approximate surface area is 130 Å². The van der Waals surface area contributed by atoms with Crippen molar-refractivity contribution in [3.8, 4) is 0 Å². The van der Waals surface area contributed by atoms with Gasteiger partial charge < -0.3 is 5.32 Å². The summed E-state index contributed by atoms with van der Waals surface area (Å²) in [7, 11) is 0. The van der Waals surface area contributed by atoms with Crippen LogP contribution < -0.4 is 5.32 Å². The van der Waals surface area contributed by atoms with E-state index in [1.807, 2.05) is 0 Å². The standard InChI is InChI=1S/C19H32N2/c1-5-17(6-2)21-14-19(15(3)4)20-13-18(21)12-16-10-8-7-9-11-16/h7-11,15,17-20H,5-6,12-14H2,1-4H3. The first-order valence-electron chi connectivity index (χ1n) is 8.68. The molecule has 0 aromatic heterocycles. The minimum absolute atomic E-state index is 0.632. The molecule has 1 aliphatic heterocycles. The molecular formula is C19H32N2. The molecule has 0 spiro atoms. The maximum absolute atomic E-state index is 3.78. The Morgan fingerprint density at radius 1 is 1.14 bits per heavy atom. The predicted molar refractivity (Wildman–Crippen MR) is 91.6 cm³/mol. The van der Waals surface area contributed by atoms with Crippen molar-refractivity contribution in [3.05, 3.63) is 35.9 Å². The van der Waals surface area contributed by atoms with Crippen LogP contribution >= 0.6 is 0 Å². The van der Waals surface area contributed by atoms with Crippen molar-refractivity contribution < 1.29 is 0 Å². The van der Waals surface area contributed by atoms with Crippen molar-refractivity contribution in [1.82, 2.24) is 10.2 Å². The van der Waals surface area contributed by atoms with Gasteiger partial charge in [0.1, 0.15) is 0 Å². The van der Waals surface area contributed by atoms with Gasteiger partial charge in [0.2, 0.25) is 0 Å². The zero-order valence-electron chi connectivity index (χ0n) is 14.2. The quantitative estimate of drug-likeness (QED) is 0.858. The van der Waals surface area contributed by atoms with Gasteiger partial charge in [0.15, 0.2) is 0 Å². The minimum Gasteiger partial charge on any atom is -0.311 e. The van der Waals surface area contributed by atoms with Crippen molar-refractivity contribution in [2.75, 3.05) is 13.1 Å². The number of benzene rings is 1. The highest BCUT2D eigenvalue weighted by Gasteiger charge is 2.32. The van der Waals surface area contributed by atoms with E-state index in [1.165, 1.54) is 24.9 Å². The molecule has 1 aliphatic rings. The molecule has 0 amide bonds. The number of rotatable bonds is 6. The van der Waals surface area contributed by atoms with E-state index in [1.54, 1.807) is 0 Å². The van der Waals surface area contributed by atoms with Gasteiger partial charge in [0.25, 0.3) is 0 Å². The maximum atomic E-state index is 3.78. The lowest BCUT2D eigenvalue weighted by Crippen LogP contribution is -2.61. The number of hydrogen-bond acceptors (Lipinski definition) is 2. The third kappa shape index (κ3) is 4.31. The predicted octanol–water partition coefficient (Wildman–Crippen LogP) is 3.72. The fourth-order valence-corrected chi connectivity index (χ4v) is 3.57. The molecule has 1 fully saturated rings. The van der Waals surface area contributed by atoms with E-state index in [9.17, 15) is 0 Å². The molecule has 2 nitrogen and oxygen atoms in total. The van der Waals surface area contributed by atoms with Crippen LogP contribution in [0, 0.1) is 5.92 Å². The van der Waals surface area contributed by atoms with Crippen LogP contribution in [-0.2, 0) is 6.42 Å². The van der Waals surface area contributed by atoms with Crippen LogP contribution in [0.5, 0.6) is 0 Å². The molecule has 0 saturated carbocycles. The Bertz CT molecular complexity index is 397. The Morgan fingerprint density at radius 3 is 2.38 bits per heavy atom. The van der Waals surface area contributed by atoms with Crippen LogP contribution in [0.4, 0.5) is 0 Å². The van der Waals surface area contributed by atoms with Gasteiger partial charge in [-0.2, -0.15) is 0 Å². The highest BCUT2D eigenvalue weighted by Crippen LogP contribution is 2.21. The summed E-state index contributed by atoms with van der Waals surface area (Å²) >= 11 is 0. The van der Waals surface area contributed by atoms with Crippen molar-refractivity contribution in [2.45, 2.75) is 65.1 Å². The molecule has 1 N–H and O–H groups in total. The van der Waals surface area contributed by atoms with Gasteiger partial charge >= 0.3 is 0 Å². The Hall–Kier alpha value is -0.860. The average Bonchev–Trinajstić information content (AvgIpc) is 2.50. The molecule has 1 heterocycles. The van der Waals surface area contributed by atoms with Crippen molar-refractivity contribution in [1.29, 1.82) is 0 Å². The summed E-state index contributed by atoms with van der Waals surface area (Å²) < 4.78 is 0. The van der Waals surface area contributed by atoms with Gasteiger partial charge in [-0.15, -0.1) is 0 Å². The lowest BCUT2D eigenvalue weighted by atomic mass is 9.93. The Balaban J connectivity index is 2.10. The second kappa shape index (κ2) is 7.95. The lowest BCUT2D eigenvalue weighted by Gasteiger charge is -2.45. The molecule has 0 bridgehead atoms. The molecule has 1 saturated heterocycles. The van der Waals surface area contributed by atoms with Crippen molar-refractivity contribution in [3.63, 3.8) is 0 Å². The molecule has 2 unspecified atom stereocenters. The summed E-state index contributed by atoms with van der Waals surface area (Å²) in [5.74, 6) is 0.708. The van der Waals surface area contributed by atoms with Gasteiger partial charge in [-0.1, -0.05) is 58.0 Å². The smallest absolute Gasteiger partial charge is 0.0264 e. The zero-order valence-corrected chi connectivity index (χ0v) is 14.2. The number of nitrogens with one attached hydrogen (secondary N) is 1. The second-order valence-electron chi connectivity index (χ2n) is 6.77. The van der Waals surface area contributed by atoms with E-state index in [-0.39, 0.29) is 0 Å². The van der Waals surface area contributed by atoms with Crippen LogP contribution in [-0.4, -0.2) is 36.1 Å². The summed E-state index contributed by atoms with van der Waals surface area (Å²) in [6.45, 7) is 11.6. The second-order valence-corrected chi connectivity index (χ2v) is 6.77. The Kier molecular flexibility index (Phi) is 6.25. The van der Waals surface area contributed by atoms with E-state index in [0.717, 1.165) is 19.0 Å². The molecule has 118 valence electrons. The third-order valence-electron chi connectivity index (χ3n) is 5.02. The zero-order chi connectivity index (χ0) is 15.2. The monoisotopic (exact) mass is 288 g/mol. The normalized spacial score (nSPS) is 23.9. The Morgan fingerprint density at radius 2 is 1.81 bits per heavy atom. The molecule has 2 rings (SSSR count). The van der Waals surface area contributed by atoms with Crippen molar-refractivity contribution >= 4 is 0 Å². The van der Waals surface area contributed by atoms with Crippen LogP contribution in [0.3, 0.4) is 0 Å². The summed E-state index contributed by atoms with van der Waals surface area (Å²) in [4.78, 5) is 2.79. The summed E-state index contributed by atoms with van der Waals surface area (Å²) in [6, 6.07) is 12.9. The minimum atomic E-state index is 0.632. The highest BCUT2D eigenvalue weighted by molar-refractivity contribution is 5.16. The molecule has 1 aromatic rings. The summed E-state index contributed by atoms with van der Waals surface area (Å²) in [6.07, 6.45) is 3.67. The van der Waals surface area contributed by atoms with Crippen LogP contribution in [0.25, 0.3) is 0 Å². The van der Waals surface area contributed by atoms with Crippen LogP contribution in [0.1, 0.15) is 46.1 Å². The molecule has 0 radical (unpaired) electrons. The highest BCUT2D eigenvalue weighted by atomic mass is 15.3.